The van der Waals surface area contributed by atoms with Crippen LogP contribution in [0.25, 0.3) is 0 Å². The molecule has 0 unspecified atom stereocenters. The highest BCUT2D eigenvalue weighted by atomic mass is 35.5. The summed E-state index contributed by atoms with van der Waals surface area (Å²) in [6, 6.07) is 17.2. The van der Waals surface area contributed by atoms with Crippen molar-refractivity contribution >= 4 is 17.5 Å². The van der Waals surface area contributed by atoms with E-state index < -0.39 is 0 Å². The van der Waals surface area contributed by atoms with Crippen molar-refractivity contribution in [3.63, 3.8) is 0 Å². The Kier molecular flexibility index (Phi) is 5.25. The number of hydrogen-bond donors (Lipinski definition) is 0. The lowest BCUT2D eigenvalue weighted by molar-refractivity contribution is 0.0680. The summed E-state index contributed by atoms with van der Waals surface area (Å²) >= 11 is 6.02. The summed E-state index contributed by atoms with van der Waals surface area (Å²) in [5.41, 5.74) is 1.79. The predicted octanol–water partition coefficient (Wildman–Crippen LogP) is 5.03. The molecule has 2 aromatic carbocycles. The number of carbonyl (C=O) groups excluding carboxylic acids is 1. The summed E-state index contributed by atoms with van der Waals surface area (Å²) in [4.78, 5) is 14.7. The van der Waals surface area contributed by atoms with Crippen LogP contribution in [-0.2, 0) is 6.54 Å². The van der Waals surface area contributed by atoms with E-state index in [1.54, 1.807) is 12.1 Å². The van der Waals surface area contributed by atoms with Gasteiger partial charge in [0.25, 0.3) is 5.91 Å². The molecular weight excluding hydrogens is 294 g/mol. The van der Waals surface area contributed by atoms with Gasteiger partial charge >= 0.3 is 0 Å². The zero-order chi connectivity index (χ0) is 16.2. The third kappa shape index (κ3) is 4.88. The Morgan fingerprint density at radius 2 is 1.73 bits per heavy atom. The molecule has 0 aliphatic rings. The quantitative estimate of drug-likeness (QED) is 0.775. The Labute approximate surface area is 137 Å². The van der Waals surface area contributed by atoms with Crippen LogP contribution in [0.2, 0.25) is 5.02 Å². The Morgan fingerprint density at radius 3 is 2.32 bits per heavy atom. The highest BCUT2D eigenvalue weighted by Gasteiger charge is 2.22. The SMILES string of the molecule is CC(C)(C)CN(Cc1ccccc1)C(=O)c1cccc(Cl)c1. The Morgan fingerprint density at radius 1 is 1.05 bits per heavy atom. The van der Waals surface area contributed by atoms with E-state index in [2.05, 4.69) is 20.8 Å². The van der Waals surface area contributed by atoms with Gasteiger partial charge in [0.1, 0.15) is 0 Å². The molecule has 0 saturated heterocycles. The van der Waals surface area contributed by atoms with Crippen LogP contribution in [0.15, 0.2) is 54.6 Å². The molecule has 0 radical (unpaired) electrons. The fraction of sp³-hybridized carbons (Fsp3) is 0.316. The standard InChI is InChI=1S/C19H22ClNO/c1-19(2,3)14-21(13-15-8-5-4-6-9-15)18(22)16-10-7-11-17(20)12-16/h4-12H,13-14H2,1-3H3. The van der Waals surface area contributed by atoms with Crippen molar-refractivity contribution in [2.75, 3.05) is 6.54 Å². The Balaban J connectivity index is 2.25. The van der Waals surface area contributed by atoms with Gasteiger partial charge < -0.3 is 4.90 Å². The smallest absolute Gasteiger partial charge is 0.254 e. The number of hydrogen-bond acceptors (Lipinski definition) is 1. The molecule has 0 heterocycles. The molecule has 0 spiro atoms. The van der Waals surface area contributed by atoms with E-state index in [4.69, 9.17) is 11.6 Å². The predicted molar refractivity (Wildman–Crippen MR) is 92.1 cm³/mol. The van der Waals surface area contributed by atoms with E-state index >= 15 is 0 Å². The Bertz CT molecular complexity index is 631. The van der Waals surface area contributed by atoms with Gasteiger partial charge in [-0.3, -0.25) is 4.79 Å². The van der Waals surface area contributed by atoms with Crippen LogP contribution < -0.4 is 0 Å². The number of benzene rings is 2. The van der Waals surface area contributed by atoms with Crippen LogP contribution in [0.5, 0.6) is 0 Å². The van der Waals surface area contributed by atoms with Gasteiger partial charge in [-0.15, -0.1) is 0 Å². The van der Waals surface area contributed by atoms with Crippen molar-refractivity contribution in [1.29, 1.82) is 0 Å². The fourth-order valence-corrected chi connectivity index (χ4v) is 2.57. The van der Waals surface area contributed by atoms with E-state index in [-0.39, 0.29) is 11.3 Å². The van der Waals surface area contributed by atoms with Crippen LogP contribution in [0.1, 0.15) is 36.7 Å². The first-order valence-corrected chi connectivity index (χ1v) is 7.82. The topological polar surface area (TPSA) is 20.3 Å². The third-order valence-corrected chi connectivity index (χ3v) is 3.48. The van der Waals surface area contributed by atoms with Crippen molar-refractivity contribution in [2.24, 2.45) is 5.41 Å². The van der Waals surface area contributed by atoms with Gasteiger partial charge in [-0.2, -0.15) is 0 Å². The highest BCUT2D eigenvalue weighted by Crippen LogP contribution is 2.20. The van der Waals surface area contributed by atoms with Gasteiger partial charge in [0, 0.05) is 23.7 Å². The van der Waals surface area contributed by atoms with E-state index in [0.29, 0.717) is 23.7 Å². The van der Waals surface area contributed by atoms with Gasteiger partial charge in [0.15, 0.2) is 0 Å². The first-order valence-electron chi connectivity index (χ1n) is 7.44. The summed E-state index contributed by atoms with van der Waals surface area (Å²) in [7, 11) is 0. The molecule has 22 heavy (non-hydrogen) atoms. The molecule has 0 atom stereocenters. The van der Waals surface area contributed by atoms with Crippen molar-refractivity contribution in [1.82, 2.24) is 4.90 Å². The van der Waals surface area contributed by atoms with E-state index in [0.717, 1.165) is 5.56 Å². The lowest BCUT2D eigenvalue weighted by Crippen LogP contribution is -2.37. The summed E-state index contributed by atoms with van der Waals surface area (Å²) in [5.74, 6) is 0.0151. The van der Waals surface area contributed by atoms with Crippen molar-refractivity contribution in [3.8, 4) is 0 Å². The first kappa shape index (κ1) is 16.6. The molecule has 0 aromatic heterocycles. The van der Waals surface area contributed by atoms with Crippen molar-refractivity contribution in [2.45, 2.75) is 27.3 Å². The number of rotatable bonds is 4. The van der Waals surface area contributed by atoms with E-state index in [9.17, 15) is 4.79 Å². The molecule has 0 N–H and O–H groups in total. The summed E-state index contributed by atoms with van der Waals surface area (Å²) < 4.78 is 0. The van der Waals surface area contributed by atoms with Crippen LogP contribution >= 0.6 is 11.6 Å². The van der Waals surface area contributed by atoms with E-state index in [1.165, 1.54) is 0 Å². The second kappa shape index (κ2) is 6.97. The second-order valence-electron chi connectivity index (χ2n) is 6.72. The molecule has 2 nitrogen and oxygen atoms in total. The van der Waals surface area contributed by atoms with Crippen molar-refractivity contribution < 1.29 is 4.79 Å². The summed E-state index contributed by atoms with van der Waals surface area (Å²) in [6.07, 6.45) is 0. The van der Waals surface area contributed by atoms with Crippen LogP contribution in [0, 0.1) is 5.41 Å². The molecular formula is C19H22ClNO. The number of nitrogens with zero attached hydrogens (tertiary/aromatic N) is 1. The molecule has 0 aliphatic carbocycles. The normalized spacial score (nSPS) is 11.3. The van der Waals surface area contributed by atoms with Gasteiger partial charge in [0.2, 0.25) is 0 Å². The fourth-order valence-electron chi connectivity index (χ4n) is 2.38. The minimum absolute atomic E-state index is 0.0151. The zero-order valence-corrected chi connectivity index (χ0v) is 14.1. The molecule has 1 amide bonds. The van der Waals surface area contributed by atoms with Crippen molar-refractivity contribution in [3.05, 3.63) is 70.7 Å². The molecule has 0 fully saturated rings. The van der Waals surface area contributed by atoms with Gasteiger partial charge in [-0.05, 0) is 29.2 Å². The Hall–Kier alpha value is -1.80. The van der Waals surface area contributed by atoms with Crippen LogP contribution in [-0.4, -0.2) is 17.4 Å². The monoisotopic (exact) mass is 315 g/mol. The first-order chi connectivity index (χ1) is 10.3. The minimum Gasteiger partial charge on any atom is -0.334 e. The van der Waals surface area contributed by atoms with E-state index in [1.807, 2.05) is 47.4 Å². The second-order valence-corrected chi connectivity index (χ2v) is 7.15. The molecule has 3 heteroatoms. The number of carbonyl (C=O) groups is 1. The van der Waals surface area contributed by atoms with Gasteiger partial charge in [0.05, 0.1) is 0 Å². The average molecular weight is 316 g/mol. The molecule has 2 rings (SSSR count). The highest BCUT2D eigenvalue weighted by molar-refractivity contribution is 6.30. The molecule has 0 bridgehead atoms. The van der Waals surface area contributed by atoms with Crippen LogP contribution in [0.3, 0.4) is 0 Å². The molecule has 0 aliphatic heterocycles. The number of halogens is 1. The van der Waals surface area contributed by atoms with Gasteiger partial charge in [-0.1, -0.05) is 68.8 Å². The molecule has 0 saturated carbocycles. The van der Waals surface area contributed by atoms with Gasteiger partial charge in [-0.25, -0.2) is 0 Å². The molecule has 116 valence electrons. The maximum atomic E-state index is 12.8. The third-order valence-electron chi connectivity index (χ3n) is 3.24. The zero-order valence-electron chi connectivity index (χ0n) is 13.3. The maximum absolute atomic E-state index is 12.8. The largest absolute Gasteiger partial charge is 0.334 e. The summed E-state index contributed by atoms with van der Waals surface area (Å²) in [5, 5.41) is 0.585. The molecule has 2 aromatic rings. The minimum atomic E-state index is 0.0151. The average Bonchev–Trinajstić information content (AvgIpc) is 2.45. The lowest BCUT2D eigenvalue weighted by Gasteiger charge is -2.30. The van der Waals surface area contributed by atoms with Crippen LogP contribution in [0.4, 0.5) is 0 Å². The summed E-state index contributed by atoms with van der Waals surface area (Å²) in [6.45, 7) is 7.69. The maximum Gasteiger partial charge on any atom is 0.254 e. The number of amides is 1. The lowest BCUT2D eigenvalue weighted by atomic mass is 9.95.